The third kappa shape index (κ3) is 3.61. The smallest absolute Gasteiger partial charge is 0.244 e. The fraction of sp³-hybridized carbons (Fsp3) is 0.500. The first-order valence-corrected chi connectivity index (χ1v) is 8.50. The predicted octanol–water partition coefficient (Wildman–Crippen LogP) is 1.19. The van der Waals surface area contributed by atoms with Crippen molar-refractivity contribution in [2.45, 2.75) is 42.5 Å². The van der Waals surface area contributed by atoms with E-state index < -0.39 is 15.6 Å². The summed E-state index contributed by atoms with van der Waals surface area (Å²) in [6, 6.07) is 6.14. The second-order valence-electron chi connectivity index (χ2n) is 5.41. The maximum atomic E-state index is 12.3. The van der Waals surface area contributed by atoms with Gasteiger partial charge in [0.25, 0.3) is 0 Å². The van der Waals surface area contributed by atoms with Gasteiger partial charge in [-0.2, -0.15) is 0 Å². The van der Waals surface area contributed by atoms with Crippen LogP contribution in [0.25, 0.3) is 0 Å². The number of amides is 1. The largest absolute Gasteiger partial charge is 0.324 e. The minimum atomic E-state index is -3.53. The van der Waals surface area contributed by atoms with Gasteiger partial charge in [0, 0.05) is 5.69 Å². The highest BCUT2D eigenvalue weighted by Gasteiger charge is 2.35. The Labute approximate surface area is 125 Å². The summed E-state index contributed by atoms with van der Waals surface area (Å²) < 4.78 is 25.8. The molecule has 0 aliphatic heterocycles. The lowest BCUT2D eigenvalue weighted by Gasteiger charge is -2.31. The van der Waals surface area contributed by atoms with Crippen LogP contribution in [0.2, 0.25) is 0 Å². The molecule has 1 saturated carbocycles. The number of carbonyl (C=O) groups excluding carboxylic acids is 1. The van der Waals surface area contributed by atoms with Crippen molar-refractivity contribution in [1.82, 2.24) is 4.72 Å². The van der Waals surface area contributed by atoms with Crippen molar-refractivity contribution >= 4 is 21.6 Å². The van der Waals surface area contributed by atoms with Gasteiger partial charge in [-0.1, -0.05) is 25.3 Å². The number of carbonyl (C=O) groups is 1. The zero-order valence-corrected chi connectivity index (χ0v) is 12.9. The average Bonchev–Trinajstić information content (AvgIpc) is 2.48. The molecule has 21 heavy (non-hydrogen) atoms. The Bertz CT molecular complexity index is 622. The molecule has 4 N–H and O–H groups in total. The Kier molecular flexibility index (Phi) is 4.65. The van der Waals surface area contributed by atoms with E-state index in [0.717, 1.165) is 19.3 Å². The number of nitrogens with two attached hydrogens (primary N) is 1. The first-order valence-electron chi connectivity index (χ1n) is 7.01. The normalized spacial score (nSPS) is 18.2. The first-order chi connectivity index (χ1) is 9.87. The van der Waals surface area contributed by atoms with Crippen LogP contribution in [-0.2, 0) is 14.8 Å². The van der Waals surface area contributed by atoms with Crippen molar-refractivity contribution in [3.05, 3.63) is 24.3 Å². The quantitative estimate of drug-likeness (QED) is 0.777. The minimum absolute atomic E-state index is 0.109. The molecule has 0 saturated heterocycles. The van der Waals surface area contributed by atoms with Gasteiger partial charge >= 0.3 is 0 Å². The van der Waals surface area contributed by atoms with Crippen LogP contribution in [0, 0.1) is 0 Å². The number of benzene rings is 1. The van der Waals surface area contributed by atoms with Gasteiger partial charge in [0.05, 0.1) is 10.4 Å². The standard InChI is InChI=1S/C14H21N3O3S/c1-16-21(19,20)12-7-5-6-11(10-12)17-13(18)14(15)8-3-2-4-9-14/h5-7,10,16H,2-4,8-9,15H2,1H3,(H,17,18). The van der Waals surface area contributed by atoms with Gasteiger partial charge < -0.3 is 11.1 Å². The molecule has 0 unspecified atom stereocenters. The van der Waals surface area contributed by atoms with E-state index in [4.69, 9.17) is 5.73 Å². The van der Waals surface area contributed by atoms with Crippen molar-refractivity contribution < 1.29 is 13.2 Å². The Morgan fingerprint density at radius 1 is 1.24 bits per heavy atom. The van der Waals surface area contributed by atoms with Gasteiger partial charge in [-0.3, -0.25) is 4.79 Å². The molecule has 1 aliphatic carbocycles. The number of sulfonamides is 1. The van der Waals surface area contributed by atoms with Crippen LogP contribution in [0.5, 0.6) is 0 Å². The Hall–Kier alpha value is -1.44. The van der Waals surface area contributed by atoms with E-state index in [9.17, 15) is 13.2 Å². The summed E-state index contributed by atoms with van der Waals surface area (Å²) >= 11 is 0. The summed E-state index contributed by atoms with van der Waals surface area (Å²) in [4.78, 5) is 12.4. The van der Waals surface area contributed by atoms with E-state index in [0.29, 0.717) is 18.5 Å². The molecule has 0 radical (unpaired) electrons. The average molecular weight is 311 g/mol. The van der Waals surface area contributed by atoms with Crippen LogP contribution >= 0.6 is 0 Å². The van der Waals surface area contributed by atoms with E-state index in [2.05, 4.69) is 10.0 Å². The van der Waals surface area contributed by atoms with E-state index in [1.807, 2.05) is 0 Å². The zero-order valence-electron chi connectivity index (χ0n) is 12.1. The first kappa shape index (κ1) is 15.9. The lowest BCUT2D eigenvalue weighted by Crippen LogP contribution is -2.52. The summed E-state index contributed by atoms with van der Waals surface area (Å²) in [5.74, 6) is -0.249. The fourth-order valence-corrected chi connectivity index (χ4v) is 3.30. The van der Waals surface area contributed by atoms with Crippen LogP contribution in [0.15, 0.2) is 29.2 Å². The number of rotatable bonds is 4. The van der Waals surface area contributed by atoms with Crippen LogP contribution in [0.1, 0.15) is 32.1 Å². The van der Waals surface area contributed by atoms with Crippen LogP contribution in [-0.4, -0.2) is 26.9 Å². The fourth-order valence-electron chi connectivity index (χ4n) is 2.52. The molecule has 1 aliphatic rings. The summed E-state index contributed by atoms with van der Waals surface area (Å²) in [7, 11) is -2.18. The monoisotopic (exact) mass is 311 g/mol. The lowest BCUT2D eigenvalue weighted by molar-refractivity contribution is -0.122. The molecular weight excluding hydrogens is 290 g/mol. The number of anilines is 1. The van der Waals surface area contributed by atoms with Crippen molar-refractivity contribution in [3.63, 3.8) is 0 Å². The highest BCUT2D eigenvalue weighted by atomic mass is 32.2. The van der Waals surface area contributed by atoms with Gasteiger partial charge in [-0.25, -0.2) is 13.1 Å². The molecule has 1 aromatic carbocycles. The SMILES string of the molecule is CNS(=O)(=O)c1cccc(NC(=O)C2(N)CCCCC2)c1. The molecule has 0 atom stereocenters. The Morgan fingerprint density at radius 2 is 1.90 bits per heavy atom. The Morgan fingerprint density at radius 3 is 2.52 bits per heavy atom. The molecule has 1 fully saturated rings. The van der Waals surface area contributed by atoms with Crippen molar-refractivity contribution in [3.8, 4) is 0 Å². The lowest BCUT2D eigenvalue weighted by atomic mass is 9.82. The third-order valence-corrected chi connectivity index (χ3v) is 5.28. The highest BCUT2D eigenvalue weighted by Crippen LogP contribution is 2.27. The van der Waals surface area contributed by atoms with Crippen molar-refractivity contribution in [2.24, 2.45) is 5.73 Å². The topological polar surface area (TPSA) is 101 Å². The second-order valence-corrected chi connectivity index (χ2v) is 7.29. The van der Waals surface area contributed by atoms with Gasteiger partial charge in [0.1, 0.15) is 0 Å². The molecular formula is C14H21N3O3S. The van der Waals surface area contributed by atoms with Crippen LogP contribution in [0.4, 0.5) is 5.69 Å². The van der Waals surface area contributed by atoms with E-state index >= 15 is 0 Å². The third-order valence-electron chi connectivity index (χ3n) is 3.87. The molecule has 1 amide bonds. The van der Waals surface area contributed by atoms with Gasteiger partial charge in [0.2, 0.25) is 15.9 Å². The molecule has 116 valence electrons. The van der Waals surface area contributed by atoms with Crippen molar-refractivity contribution in [1.29, 1.82) is 0 Å². The van der Waals surface area contributed by atoms with Gasteiger partial charge in [-0.05, 0) is 38.1 Å². The molecule has 0 aromatic heterocycles. The molecule has 1 aromatic rings. The summed E-state index contributed by atoms with van der Waals surface area (Å²) in [5.41, 5.74) is 5.74. The summed E-state index contributed by atoms with van der Waals surface area (Å²) in [5, 5.41) is 2.73. The van der Waals surface area contributed by atoms with Gasteiger partial charge in [0.15, 0.2) is 0 Å². The number of hydrogen-bond acceptors (Lipinski definition) is 4. The van der Waals surface area contributed by atoms with E-state index in [1.165, 1.54) is 19.2 Å². The highest BCUT2D eigenvalue weighted by molar-refractivity contribution is 7.89. The zero-order chi connectivity index (χ0) is 15.5. The van der Waals surface area contributed by atoms with Gasteiger partial charge in [-0.15, -0.1) is 0 Å². The molecule has 0 heterocycles. The second kappa shape index (κ2) is 6.13. The Balaban J connectivity index is 2.16. The van der Waals surface area contributed by atoms with E-state index in [-0.39, 0.29) is 10.8 Å². The predicted molar refractivity (Wildman–Crippen MR) is 81.3 cm³/mol. The molecule has 0 spiro atoms. The molecule has 0 bridgehead atoms. The number of hydrogen-bond donors (Lipinski definition) is 3. The maximum absolute atomic E-state index is 12.3. The summed E-state index contributed by atoms with van der Waals surface area (Å²) in [6.45, 7) is 0. The minimum Gasteiger partial charge on any atom is -0.324 e. The molecule has 2 rings (SSSR count). The van der Waals surface area contributed by atoms with Crippen molar-refractivity contribution in [2.75, 3.05) is 12.4 Å². The summed E-state index contributed by atoms with van der Waals surface area (Å²) in [6.07, 6.45) is 4.30. The van der Waals surface area contributed by atoms with E-state index in [1.54, 1.807) is 12.1 Å². The maximum Gasteiger partial charge on any atom is 0.244 e. The number of nitrogens with one attached hydrogen (secondary N) is 2. The van der Waals surface area contributed by atoms with Crippen LogP contribution in [0.3, 0.4) is 0 Å². The van der Waals surface area contributed by atoms with Crippen LogP contribution < -0.4 is 15.8 Å². The molecule has 6 nitrogen and oxygen atoms in total. The molecule has 7 heteroatoms.